The van der Waals surface area contributed by atoms with Gasteiger partial charge in [-0.1, -0.05) is 11.3 Å². The zero-order valence-electron chi connectivity index (χ0n) is 14.3. The predicted octanol–water partition coefficient (Wildman–Crippen LogP) is 2.24. The van der Waals surface area contributed by atoms with Crippen LogP contribution in [0.15, 0.2) is 30.6 Å². The van der Waals surface area contributed by atoms with Crippen LogP contribution in [0.3, 0.4) is 0 Å². The van der Waals surface area contributed by atoms with E-state index in [4.69, 9.17) is 0 Å². The van der Waals surface area contributed by atoms with Gasteiger partial charge in [0.25, 0.3) is 5.91 Å². The maximum Gasteiger partial charge on any atom is 0.273 e. The van der Waals surface area contributed by atoms with Crippen molar-refractivity contribution in [1.82, 2.24) is 25.3 Å². The Balaban J connectivity index is 1.23. The fourth-order valence-electron chi connectivity index (χ4n) is 3.36. The molecule has 1 amide bonds. The molecule has 2 aromatic rings. The second-order valence-electron chi connectivity index (χ2n) is 7.15. The molecule has 7 heteroatoms. The molecular formula is C18H24N6O. The molecule has 4 rings (SSSR count). The summed E-state index contributed by atoms with van der Waals surface area (Å²) in [5, 5.41) is 14.6. The molecule has 2 saturated carbocycles. The summed E-state index contributed by atoms with van der Waals surface area (Å²) in [7, 11) is 0. The van der Waals surface area contributed by atoms with Gasteiger partial charge in [-0.3, -0.25) is 9.48 Å². The lowest BCUT2D eigenvalue weighted by Gasteiger charge is -2.29. The first-order chi connectivity index (χ1) is 12.3. The SMILES string of the molecule is O=C(NC1CCC(Nc2ccccn2)CC1)c1cn(CC2CC2)nn1. The first-order valence-electron chi connectivity index (χ1n) is 9.15. The minimum absolute atomic E-state index is 0.108. The number of anilines is 1. The minimum Gasteiger partial charge on any atom is -0.367 e. The molecule has 2 N–H and O–H groups in total. The van der Waals surface area contributed by atoms with E-state index in [-0.39, 0.29) is 11.9 Å². The number of hydrogen-bond acceptors (Lipinski definition) is 5. The number of carbonyl (C=O) groups excluding carboxylic acids is 1. The zero-order valence-corrected chi connectivity index (χ0v) is 14.3. The van der Waals surface area contributed by atoms with Crippen LogP contribution in [-0.4, -0.2) is 38.0 Å². The van der Waals surface area contributed by atoms with Crippen molar-refractivity contribution < 1.29 is 4.79 Å². The average molecular weight is 340 g/mol. The van der Waals surface area contributed by atoms with Crippen LogP contribution in [0.2, 0.25) is 0 Å². The number of rotatable bonds is 6. The van der Waals surface area contributed by atoms with Crippen LogP contribution in [0, 0.1) is 5.92 Å². The van der Waals surface area contributed by atoms with Crippen molar-refractivity contribution in [3.8, 4) is 0 Å². The highest BCUT2D eigenvalue weighted by Gasteiger charge is 2.25. The predicted molar refractivity (Wildman–Crippen MR) is 94.1 cm³/mol. The van der Waals surface area contributed by atoms with Crippen LogP contribution in [0.25, 0.3) is 0 Å². The Morgan fingerprint density at radius 2 is 1.92 bits per heavy atom. The standard InChI is InChI=1S/C18H24N6O/c25-18(16-12-24(23-22-16)11-13-4-5-13)21-15-8-6-14(7-9-15)20-17-3-1-2-10-19-17/h1-3,10,12-15H,4-9,11H2,(H,19,20)(H,21,25). The van der Waals surface area contributed by atoms with Crippen molar-refractivity contribution in [2.75, 3.05) is 5.32 Å². The summed E-state index contributed by atoms with van der Waals surface area (Å²) in [6, 6.07) is 6.51. The number of hydrogen-bond donors (Lipinski definition) is 2. The lowest BCUT2D eigenvalue weighted by molar-refractivity contribution is 0.0921. The Hall–Kier alpha value is -2.44. The Labute approximate surface area is 147 Å². The molecule has 2 fully saturated rings. The molecule has 0 bridgehead atoms. The van der Waals surface area contributed by atoms with Crippen LogP contribution in [0.5, 0.6) is 0 Å². The summed E-state index contributed by atoms with van der Waals surface area (Å²) in [6.07, 6.45) is 10.1. The molecule has 2 aliphatic carbocycles. The van der Waals surface area contributed by atoms with Gasteiger partial charge in [0.05, 0.1) is 6.20 Å². The van der Waals surface area contributed by atoms with Gasteiger partial charge in [-0.05, 0) is 56.6 Å². The van der Waals surface area contributed by atoms with Gasteiger partial charge >= 0.3 is 0 Å². The lowest BCUT2D eigenvalue weighted by Crippen LogP contribution is -2.40. The Kier molecular flexibility index (Phi) is 4.63. The van der Waals surface area contributed by atoms with Gasteiger partial charge in [-0.15, -0.1) is 5.10 Å². The Bertz CT molecular complexity index is 703. The normalized spacial score (nSPS) is 23.2. The highest BCUT2D eigenvalue weighted by Crippen LogP contribution is 2.30. The third kappa shape index (κ3) is 4.35. The summed E-state index contributed by atoms with van der Waals surface area (Å²) in [6.45, 7) is 0.880. The highest BCUT2D eigenvalue weighted by atomic mass is 16.2. The van der Waals surface area contributed by atoms with E-state index in [1.54, 1.807) is 17.1 Å². The summed E-state index contributed by atoms with van der Waals surface area (Å²) >= 11 is 0. The molecule has 0 aromatic carbocycles. The topological polar surface area (TPSA) is 84.7 Å². The first-order valence-corrected chi connectivity index (χ1v) is 9.15. The maximum atomic E-state index is 12.3. The smallest absolute Gasteiger partial charge is 0.273 e. The molecule has 0 atom stereocenters. The van der Waals surface area contributed by atoms with Crippen LogP contribution in [0.4, 0.5) is 5.82 Å². The molecule has 0 spiro atoms. The fraction of sp³-hybridized carbons (Fsp3) is 0.556. The Morgan fingerprint density at radius 1 is 1.12 bits per heavy atom. The first kappa shape index (κ1) is 16.1. The second kappa shape index (κ2) is 7.21. The van der Waals surface area contributed by atoms with Gasteiger partial charge in [-0.25, -0.2) is 4.98 Å². The highest BCUT2D eigenvalue weighted by molar-refractivity contribution is 5.92. The number of nitrogens with one attached hydrogen (secondary N) is 2. The van der Waals surface area contributed by atoms with Gasteiger partial charge in [0, 0.05) is 24.8 Å². The monoisotopic (exact) mass is 340 g/mol. The quantitative estimate of drug-likeness (QED) is 0.842. The minimum atomic E-state index is -0.108. The van der Waals surface area contributed by atoms with Gasteiger partial charge in [0.15, 0.2) is 5.69 Å². The molecule has 0 saturated heterocycles. The molecule has 2 aliphatic rings. The van der Waals surface area contributed by atoms with Crippen LogP contribution in [-0.2, 0) is 6.54 Å². The molecular weight excluding hydrogens is 316 g/mol. The third-order valence-electron chi connectivity index (χ3n) is 4.99. The van der Waals surface area contributed by atoms with E-state index in [0.717, 1.165) is 44.0 Å². The van der Waals surface area contributed by atoms with E-state index in [0.29, 0.717) is 11.7 Å². The molecule has 0 unspecified atom stereocenters. The summed E-state index contributed by atoms with van der Waals surface area (Å²) in [4.78, 5) is 16.7. The largest absolute Gasteiger partial charge is 0.367 e. The molecule has 2 aromatic heterocycles. The van der Waals surface area contributed by atoms with Gasteiger partial charge in [0.2, 0.25) is 0 Å². The van der Waals surface area contributed by atoms with E-state index in [1.807, 2.05) is 18.2 Å². The average Bonchev–Trinajstić information content (AvgIpc) is 3.32. The van der Waals surface area contributed by atoms with E-state index in [2.05, 4.69) is 25.9 Å². The van der Waals surface area contributed by atoms with Crippen molar-refractivity contribution in [3.63, 3.8) is 0 Å². The summed E-state index contributed by atoms with van der Waals surface area (Å²) < 4.78 is 1.79. The number of amides is 1. The molecule has 7 nitrogen and oxygen atoms in total. The molecule has 2 heterocycles. The molecule has 25 heavy (non-hydrogen) atoms. The number of nitrogens with zero attached hydrogens (tertiary/aromatic N) is 4. The summed E-state index contributed by atoms with van der Waals surface area (Å²) in [5.41, 5.74) is 0.425. The van der Waals surface area contributed by atoms with Gasteiger partial charge in [0.1, 0.15) is 5.82 Å². The maximum absolute atomic E-state index is 12.3. The molecule has 0 radical (unpaired) electrons. The van der Waals surface area contributed by atoms with E-state index >= 15 is 0 Å². The summed E-state index contributed by atoms with van der Waals surface area (Å²) in [5.74, 6) is 1.53. The van der Waals surface area contributed by atoms with Gasteiger partial charge in [-0.2, -0.15) is 0 Å². The lowest BCUT2D eigenvalue weighted by atomic mass is 9.91. The third-order valence-corrected chi connectivity index (χ3v) is 4.99. The van der Waals surface area contributed by atoms with Crippen molar-refractivity contribution >= 4 is 11.7 Å². The van der Waals surface area contributed by atoms with Crippen molar-refractivity contribution in [3.05, 3.63) is 36.3 Å². The molecule has 0 aliphatic heterocycles. The van der Waals surface area contributed by atoms with E-state index < -0.39 is 0 Å². The van der Waals surface area contributed by atoms with Crippen LogP contribution < -0.4 is 10.6 Å². The number of pyridine rings is 1. The van der Waals surface area contributed by atoms with Crippen molar-refractivity contribution in [1.29, 1.82) is 0 Å². The number of carbonyl (C=O) groups is 1. The van der Waals surface area contributed by atoms with Crippen LogP contribution >= 0.6 is 0 Å². The van der Waals surface area contributed by atoms with E-state index in [9.17, 15) is 4.79 Å². The Morgan fingerprint density at radius 3 is 2.64 bits per heavy atom. The second-order valence-corrected chi connectivity index (χ2v) is 7.15. The van der Waals surface area contributed by atoms with Crippen molar-refractivity contribution in [2.45, 2.75) is 57.2 Å². The van der Waals surface area contributed by atoms with Crippen molar-refractivity contribution in [2.24, 2.45) is 5.92 Å². The van der Waals surface area contributed by atoms with Crippen LogP contribution in [0.1, 0.15) is 49.0 Å². The van der Waals surface area contributed by atoms with Gasteiger partial charge < -0.3 is 10.6 Å². The van der Waals surface area contributed by atoms with E-state index in [1.165, 1.54) is 12.8 Å². The molecule has 132 valence electrons. The fourth-order valence-corrected chi connectivity index (χ4v) is 3.36. The zero-order chi connectivity index (χ0) is 17.1. The number of aromatic nitrogens is 4.